The Morgan fingerprint density at radius 2 is 1.71 bits per heavy atom. The summed E-state index contributed by atoms with van der Waals surface area (Å²) >= 11 is 0. The molecule has 0 saturated carbocycles. The van der Waals surface area contributed by atoms with Crippen LogP contribution in [0.1, 0.15) is 57.2 Å². The second kappa shape index (κ2) is 8.55. The standard InChI is InChI=1S/C19H33NO/c1-7-19(8-2,21-10-4)18(20-9-3)14-17-12-11-15(5)16(6)13-17/h11-13,18,20H,7-10,14H2,1-6H3. The Morgan fingerprint density at radius 3 is 2.19 bits per heavy atom. The topological polar surface area (TPSA) is 21.3 Å². The number of nitrogens with one attached hydrogen (secondary N) is 1. The molecular weight excluding hydrogens is 258 g/mol. The van der Waals surface area contributed by atoms with Crippen LogP contribution in [0.25, 0.3) is 0 Å². The third-order valence-corrected chi connectivity index (χ3v) is 4.73. The van der Waals surface area contributed by atoms with Crippen LogP contribution >= 0.6 is 0 Å². The largest absolute Gasteiger partial charge is 0.374 e. The zero-order chi connectivity index (χ0) is 15.9. The molecule has 2 heteroatoms. The summed E-state index contributed by atoms with van der Waals surface area (Å²) in [5, 5.41) is 3.67. The van der Waals surface area contributed by atoms with Crippen LogP contribution in [0, 0.1) is 13.8 Å². The number of ether oxygens (including phenoxy) is 1. The lowest BCUT2D eigenvalue weighted by Crippen LogP contribution is -2.53. The lowest BCUT2D eigenvalue weighted by atomic mass is 9.84. The Bertz CT molecular complexity index is 424. The molecule has 1 unspecified atom stereocenters. The van der Waals surface area contributed by atoms with E-state index < -0.39 is 0 Å². The van der Waals surface area contributed by atoms with Gasteiger partial charge in [-0.1, -0.05) is 39.0 Å². The Hall–Kier alpha value is -0.860. The van der Waals surface area contributed by atoms with E-state index in [0.29, 0.717) is 6.04 Å². The van der Waals surface area contributed by atoms with E-state index in [1.54, 1.807) is 0 Å². The molecule has 0 fully saturated rings. The fourth-order valence-corrected chi connectivity index (χ4v) is 3.19. The van der Waals surface area contributed by atoms with E-state index in [1.165, 1.54) is 16.7 Å². The predicted molar refractivity (Wildman–Crippen MR) is 92.0 cm³/mol. The Morgan fingerprint density at radius 1 is 1.05 bits per heavy atom. The number of likely N-dealkylation sites (N-methyl/N-ethyl adjacent to an activating group) is 1. The molecule has 0 spiro atoms. The zero-order valence-electron chi connectivity index (χ0n) is 14.8. The van der Waals surface area contributed by atoms with Crippen LogP contribution in [0.15, 0.2) is 18.2 Å². The molecule has 21 heavy (non-hydrogen) atoms. The summed E-state index contributed by atoms with van der Waals surface area (Å²) in [6.07, 6.45) is 3.11. The van der Waals surface area contributed by atoms with Crippen LogP contribution in [0.4, 0.5) is 0 Å². The Kier molecular flexibility index (Phi) is 7.41. The van der Waals surface area contributed by atoms with Gasteiger partial charge in [0.15, 0.2) is 0 Å². The van der Waals surface area contributed by atoms with Crippen LogP contribution in [-0.2, 0) is 11.2 Å². The second-order valence-corrected chi connectivity index (χ2v) is 5.94. The highest BCUT2D eigenvalue weighted by atomic mass is 16.5. The monoisotopic (exact) mass is 291 g/mol. The molecule has 0 aromatic heterocycles. The van der Waals surface area contributed by atoms with Crippen molar-refractivity contribution in [1.82, 2.24) is 5.32 Å². The maximum atomic E-state index is 6.21. The summed E-state index contributed by atoms with van der Waals surface area (Å²) in [6.45, 7) is 14.9. The summed E-state index contributed by atoms with van der Waals surface area (Å²) in [6, 6.07) is 7.17. The van der Waals surface area contributed by atoms with Gasteiger partial charge in [0.05, 0.1) is 5.60 Å². The van der Waals surface area contributed by atoms with Crippen molar-refractivity contribution >= 4 is 0 Å². The number of aryl methyl sites for hydroxylation is 2. The van der Waals surface area contributed by atoms with Gasteiger partial charge in [-0.15, -0.1) is 0 Å². The van der Waals surface area contributed by atoms with Gasteiger partial charge in [0.25, 0.3) is 0 Å². The maximum Gasteiger partial charge on any atom is 0.0832 e. The van der Waals surface area contributed by atoms with Gasteiger partial charge in [-0.05, 0) is 63.3 Å². The van der Waals surface area contributed by atoms with Gasteiger partial charge in [-0.25, -0.2) is 0 Å². The first-order valence-electron chi connectivity index (χ1n) is 8.46. The van der Waals surface area contributed by atoms with Gasteiger partial charge < -0.3 is 10.1 Å². The minimum atomic E-state index is -0.0659. The van der Waals surface area contributed by atoms with Gasteiger partial charge in [0, 0.05) is 12.6 Å². The lowest BCUT2D eigenvalue weighted by molar-refractivity contribution is -0.0715. The SMILES string of the molecule is CCNC(Cc1ccc(C)c(C)c1)C(CC)(CC)OCC. The Labute approximate surface area is 131 Å². The highest BCUT2D eigenvalue weighted by molar-refractivity contribution is 5.30. The molecule has 120 valence electrons. The summed E-state index contributed by atoms with van der Waals surface area (Å²) in [7, 11) is 0. The summed E-state index contributed by atoms with van der Waals surface area (Å²) in [5.74, 6) is 0. The van der Waals surface area contributed by atoms with Crippen LogP contribution in [-0.4, -0.2) is 24.8 Å². The average Bonchev–Trinajstić information content (AvgIpc) is 2.48. The molecule has 1 rings (SSSR count). The molecular formula is C19H33NO. The second-order valence-electron chi connectivity index (χ2n) is 5.94. The smallest absolute Gasteiger partial charge is 0.0832 e. The molecule has 0 radical (unpaired) electrons. The third kappa shape index (κ3) is 4.55. The number of hydrogen-bond donors (Lipinski definition) is 1. The number of hydrogen-bond acceptors (Lipinski definition) is 2. The van der Waals surface area contributed by atoms with Crippen molar-refractivity contribution in [2.24, 2.45) is 0 Å². The third-order valence-electron chi connectivity index (χ3n) is 4.73. The molecule has 1 aromatic rings. The van der Waals surface area contributed by atoms with E-state index in [-0.39, 0.29) is 5.60 Å². The van der Waals surface area contributed by atoms with Crippen molar-refractivity contribution in [2.75, 3.05) is 13.2 Å². The Balaban J connectivity index is 3.01. The molecule has 0 amide bonds. The van der Waals surface area contributed by atoms with Crippen molar-refractivity contribution in [3.05, 3.63) is 34.9 Å². The van der Waals surface area contributed by atoms with Crippen LogP contribution in [0.2, 0.25) is 0 Å². The first-order valence-corrected chi connectivity index (χ1v) is 8.46. The lowest BCUT2D eigenvalue weighted by Gasteiger charge is -2.40. The summed E-state index contributed by atoms with van der Waals surface area (Å²) in [5.41, 5.74) is 4.07. The average molecular weight is 291 g/mol. The maximum absolute atomic E-state index is 6.21. The highest BCUT2D eigenvalue weighted by Gasteiger charge is 2.35. The van der Waals surface area contributed by atoms with E-state index in [2.05, 4.69) is 65.1 Å². The molecule has 0 aliphatic carbocycles. The molecule has 0 bridgehead atoms. The van der Waals surface area contributed by atoms with Gasteiger partial charge in [0.2, 0.25) is 0 Å². The predicted octanol–water partition coefficient (Wildman–Crippen LogP) is 4.42. The molecule has 1 aromatic carbocycles. The fourth-order valence-electron chi connectivity index (χ4n) is 3.19. The van der Waals surface area contributed by atoms with E-state index in [0.717, 1.165) is 32.4 Å². The first-order chi connectivity index (χ1) is 10.0. The van der Waals surface area contributed by atoms with Crippen molar-refractivity contribution in [2.45, 2.75) is 72.4 Å². The van der Waals surface area contributed by atoms with Gasteiger partial charge in [-0.3, -0.25) is 0 Å². The molecule has 2 nitrogen and oxygen atoms in total. The van der Waals surface area contributed by atoms with E-state index in [1.807, 2.05) is 0 Å². The number of benzene rings is 1. The zero-order valence-corrected chi connectivity index (χ0v) is 14.8. The number of rotatable bonds is 9. The minimum Gasteiger partial charge on any atom is -0.374 e. The van der Waals surface area contributed by atoms with Gasteiger partial charge >= 0.3 is 0 Å². The highest BCUT2D eigenvalue weighted by Crippen LogP contribution is 2.28. The quantitative estimate of drug-likeness (QED) is 0.727. The van der Waals surface area contributed by atoms with E-state index in [4.69, 9.17) is 4.74 Å². The van der Waals surface area contributed by atoms with Gasteiger partial charge in [0.1, 0.15) is 0 Å². The molecule has 0 heterocycles. The first kappa shape index (κ1) is 18.2. The van der Waals surface area contributed by atoms with Crippen molar-refractivity contribution in [1.29, 1.82) is 0 Å². The van der Waals surface area contributed by atoms with Crippen LogP contribution < -0.4 is 5.32 Å². The molecule has 0 saturated heterocycles. The fraction of sp³-hybridized carbons (Fsp3) is 0.684. The molecule has 0 aliphatic rings. The molecule has 1 N–H and O–H groups in total. The molecule has 1 atom stereocenters. The summed E-state index contributed by atoms with van der Waals surface area (Å²) in [4.78, 5) is 0. The van der Waals surface area contributed by atoms with Gasteiger partial charge in [-0.2, -0.15) is 0 Å². The van der Waals surface area contributed by atoms with E-state index in [9.17, 15) is 0 Å². The van der Waals surface area contributed by atoms with Crippen molar-refractivity contribution in [3.63, 3.8) is 0 Å². The summed E-state index contributed by atoms with van der Waals surface area (Å²) < 4.78 is 6.21. The van der Waals surface area contributed by atoms with E-state index >= 15 is 0 Å². The molecule has 0 aliphatic heterocycles. The van der Waals surface area contributed by atoms with Crippen LogP contribution in [0.3, 0.4) is 0 Å². The minimum absolute atomic E-state index is 0.0659. The van der Waals surface area contributed by atoms with Crippen molar-refractivity contribution < 1.29 is 4.74 Å². The van der Waals surface area contributed by atoms with Crippen molar-refractivity contribution in [3.8, 4) is 0 Å². The normalized spacial score (nSPS) is 13.4. The van der Waals surface area contributed by atoms with Crippen LogP contribution in [0.5, 0.6) is 0 Å².